The molecule has 6 nitrogen and oxygen atoms in total. The fraction of sp³-hybridized carbons (Fsp3) is 0.849. The van der Waals surface area contributed by atoms with E-state index in [-0.39, 0.29) is 31.1 Å². The second kappa shape index (κ2) is 67.9. The van der Waals surface area contributed by atoms with Crippen LogP contribution in [0.1, 0.15) is 380 Å². The van der Waals surface area contributed by atoms with Crippen molar-refractivity contribution in [1.82, 2.24) is 0 Å². The molecule has 0 aliphatic rings. The standard InChI is InChI=1S/C73H134O6/c1-4-7-10-13-16-19-22-24-26-28-30-32-33-34-35-36-37-38-39-41-42-44-46-48-51-54-57-60-63-66-72(75)78-69-70(68-77-71(74)65-62-59-56-53-50-21-18-15-12-9-6-3)79-73(76)67-64-61-58-55-52-49-47-45-43-40-31-29-27-25-23-20-17-14-11-8-5-2/h22,24,28-31,33-34,70H,4-21,23,25-27,32,35-69H2,1-3H3/b24-22-,30-28-,31-29-,34-33-. The molecular formula is C73H134O6. The Labute approximate surface area is 492 Å². The van der Waals surface area contributed by atoms with Gasteiger partial charge in [-0.05, 0) is 83.5 Å². The summed E-state index contributed by atoms with van der Waals surface area (Å²) >= 11 is 0. The lowest BCUT2D eigenvalue weighted by Gasteiger charge is -2.18. The van der Waals surface area contributed by atoms with Gasteiger partial charge in [-0.25, -0.2) is 0 Å². The summed E-state index contributed by atoms with van der Waals surface area (Å²) in [5.41, 5.74) is 0. The van der Waals surface area contributed by atoms with Gasteiger partial charge < -0.3 is 14.2 Å². The largest absolute Gasteiger partial charge is 0.462 e. The van der Waals surface area contributed by atoms with Gasteiger partial charge in [0.25, 0.3) is 0 Å². The number of ether oxygens (including phenoxy) is 3. The number of esters is 3. The monoisotopic (exact) mass is 1110 g/mol. The van der Waals surface area contributed by atoms with E-state index in [2.05, 4.69) is 69.4 Å². The first kappa shape index (κ1) is 76.4. The zero-order valence-electron chi connectivity index (χ0n) is 53.2. The molecule has 1 unspecified atom stereocenters. The Bertz CT molecular complexity index is 1360. The highest BCUT2D eigenvalue weighted by atomic mass is 16.6. The first-order valence-electron chi connectivity index (χ1n) is 35.1. The lowest BCUT2D eigenvalue weighted by molar-refractivity contribution is -0.167. The van der Waals surface area contributed by atoms with Gasteiger partial charge in [0, 0.05) is 19.3 Å². The molecule has 0 aliphatic heterocycles. The molecule has 1 atom stereocenters. The number of hydrogen-bond acceptors (Lipinski definition) is 6. The predicted molar refractivity (Wildman–Crippen MR) is 344 cm³/mol. The van der Waals surface area contributed by atoms with Crippen LogP contribution in [0, 0.1) is 0 Å². The van der Waals surface area contributed by atoms with E-state index in [1.54, 1.807) is 0 Å². The fourth-order valence-corrected chi connectivity index (χ4v) is 10.5. The molecule has 79 heavy (non-hydrogen) atoms. The van der Waals surface area contributed by atoms with Crippen molar-refractivity contribution >= 4 is 17.9 Å². The number of rotatable bonds is 65. The summed E-state index contributed by atoms with van der Waals surface area (Å²) in [7, 11) is 0. The lowest BCUT2D eigenvalue weighted by atomic mass is 10.0. The summed E-state index contributed by atoms with van der Waals surface area (Å²) in [6, 6.07) is 0. The van der Waals surface area contributed by atoms with E-state index >= 15 is 0 Å². The number of carbonyl (C=O) groups is 3. The van der Waals surface area contributed by atoms with Crippen LogP contribution in [0.3, 0.4) is 0 Å². The first-order chi connectivity index (χ1) is 39.0. The minimum absolute atomic E-state index is 0.0691. The van der Waals surface area contributed by atoms with Gasteiger partial charge in [-0.2, -0.15) is 0 Å². The Kier molecular flexibility index (Phi) is 65.6. The summed E-state index contributed by atoms with van der Waals surface area (Å²) in [6.07, 6.45) is 85.7. The summed E-state index contributed by atoms with van der Waals surface area (Å²) in [5.74, 6) is -0.848. The van der Waals surface area contributed by atoms with Crippen LogP contribution in [0.15, 0.2) is 48.6 Å². The molecular weight excluding hydrogens is 973 g/mol. The maximum absolute atomic E-state index is 12.9. The van der Waals surface area contributed by atoms with Crippen LogP contribution >= 0.6 is 0 Å². The van der Waals surface area contributed by atoms with Gasteiger partial charge in [-0.3, -0.25) is 14.4 Å². The zero-order chi connectivity index (χ0) is 57.1. The molecule has 0 fully saturated rings. The van der Waals surface area contributed by atoms with Crippen molar-refractivity contribution in [2.45, 2.75) is 386 Å². The van der Waals surface area contributed by atoms with Crippen LogP contribution in [0.2, 0.25) is 0 Å². The Hall–Kier alpha value is -2.63. The van der Waals surface area contributed by atoms with E-state index in [1.165, 1.54) is 270 Å². The Balaban J connectivity index is 4.18. The summed E-state index contributed by atoms with van der Waals surface area (Å²) in [4.78, 5) is 38.3. The lowest BCUT2D eigenvalue weighted by Crippen LogP contribution is -2.30. The topological polar surface area (TPSA) is 78.9 Å². The molecule has 0 radical (unpaired) electrons. The van der Waals surface area contributed by atoms with Gasteiger partial charge in [0.15, 0.2) is 6.10 Å². The molecule has 0 aromatic rings. The number of unbranched alkanes of at least 4 members (excludes halogenated alkanes) is 46. The maximum atomic E-state index is 12.9. The molecule has 0 aromatic carbocycles. The third-order valence-electron chi connectivity index (χ3n) is 15.8. The van der Waals surface area contributed by atoms with Gasteiger partial charge in [0.05, 0.1) is 0 Å². The van der Waals surface area contributed by atoms with Gasteiger partial charge in [0.2, 0.25) is 0 Å². The minimum Gasteiger partial charge on any atom is -0.462 e. The molecule has 6 heteroatoms. The number of carbonyl (C=O) groups excluding carboxylic acids is 3. The van der Waals surface area contributed by atoms with Gasteiger partial charge in [-0.15, -0.1) is 0 Å². The number of hydrogen-bond donors (Lipinski definition) is 0. The molecule has 0 amide bonds. The quantitative estimate of drug-likeness (QED) is 0.0261. The van der Waals surface area contributed by atoms with Crippen LogP contribution in [-0.4, -0.2) is 37.2 Å². The molecule has 0 aliphatic carbocycles. The normalized spacial score (nSPS) is 12.3. The summed E-state index contributed by atoms with van der Waals surface area (Å²) in [5, 5.41) is 0. The van der Waals surface area contributed by atoms with Crippen LogP contribution in [0.4, 0.5) is 0 Å². The van der Waals surface area contributed by atoms with E-state index in [0.717, 1.165) is 70.6 Å². The smallest absolute Gasteiger partial charge is 0.306 e. The second-order valence-corrected chi connectivity index (χ2v) is 23.8. The van der Waals surface area contributed by atoms with E-state index in [4.69, 9.17) is 14.2 Å². The van der Waals surface area contributed by atoms with Crippen molar-refractivity contribution in [3.63, 3.8) is 0 Å². The van der Waals surface area contributed by atoms with E-state index in [0.29, 0.717) is 19.3 Å². The Morgan fingerprint density at radius 1 is 0.253 bits per heavy atom. The molecule has 0 rings (SSSR count). The van der Waals surface area contributed by atoms with Crippen LogP contribution in [0.25, 0.3) is 0 Å². The number of allylic oxidation sites excluding steroid dienone is 8. The molecule has 0 N–H and O–H groups in total. The van der Waals surface area contributed by atoms with Crippen LogP contribution in [-0.2, 0) is 28.6 Å². The van der Waals surface area contributed by atoms with Gasteiger partial charge in [-0.1, -0.05) is 326 Å². The highest BCUT2D eigenvalue weighted by Crippen LogP contribution is 2.18. The highest BCUT2D eigenvalue weighted by molar-refractivity contribution is 5.71. The summed E-state index contributed by atoms with van der Waals surface area (Å²) in [6.45, 7) is 6.68. The SMILES string of the molecule is CCCCCCC/C=C\C/C=C\C/C=C\CCCCCCCCCCCCCCCCC(=O)OCC(COC(=O)CCCCCCCCCCCCC)OC(=O)CCCCCCCCCCC/C=C\CCCCCCCCCC. The first-order valence-corrected chi connectivity index (χ1v) is 35.1. The van der Waals surface area contributed by atoms with Crippen molar-refractivity contribution in [3.8, 4) is 0 Å². The van der Waals surface area contributed by atoms with Crippen LogP contribution < -0.4 is 0 Å². The molecule has 0 aromatic heterocycles. The molecule has 0 saturated carbocycles. The van der Waals surface area contributed by atoms with E-state index in [9.17, 15) is 14.4 Å². The average Bonchev–Trinajstić information content (AvgIpc) is 3.45. The van der Waals surface area contributed by atoms with Crippen molar-refractivity contribution in [3.05, 3.63) is 48.6 Å². The van der Waals surface area contributed by atoms with Crippen LogP contribution in [0.5, 0.6) is 0 Å². The molecule has 0 bridgehead atoms. The highest BCUT2D eigenvalue weighted by Gasteiger charge is 2.19. The van der Waals surface area contributed by atoms with E-state index in [1.807, 2.05) is 0 Å². The predicted octanol–water partition coefficient (Wildman–Crippen LogP) is 24.1. The molecule has 0 spiro atoms. The third kappa shape index (κ3) is 66.1. The molecule has 462 valence electrons. The Morgan fingerprint density at radius 3 is 0.722 bits per heavy atom. The van der Waals surface area contributed by atoms with Gasteiger partial charge >= 0.3 is 17.9 Å². The van der Waals surface area contributed by atoms with E-state index < -0.39 is 6.10 Å². The van der Waals surface area contributed by atoms with Crippen molar-refractivity contribution in [2.24, 2.45) is 0 Å². The molecule has 0 saturated heterocycles. The van der Waals surface area contributed by atoms with Gasteiger partial charge in [0.1, 0.15) is 13.2 Å². The van der Waals surface area contributed by atoms with Crippen molar-refractivity contribution < 1.29 is 28.6 Å². The van der Waals surface area contributed by atoms with Crippen molar-refractivity contribution in [2.75, 3.05) is 13.2 Å². The second-order valence-electron chi connectivity index (χ2n) is 23.8. The summed E-state index contributed by atoms with van der Waals surface area (Å²) < 4.78 is 17.0. The minimum atomic E-state index is -0.772. The molecule has 0 heterocycles. The van der Waals surface area contributed by atoms with Crippen molar-refractivity contribution in [1.29, 1.82) is 0 Å². The maximum Gasteiger partial charge on any atom is 0.306 e. The fourth-order valence-electron chi connectivity index (χ4n) is 10.5. The third-order valence-corrected chi connectivity index (χ3v) is 15.8. The Morgan fingerprint density at radius 2 is 0.456 bits per heavy atom. The zero-order valence-corrected chi connectivity index (χ0v) is 53.2. The average molecular weight is 1110 g/mol.